The van der Waals surface area contributed by atoms with Crippen molar-refractivity contribution >= 4 is 28.8 Å². The lowest BCUT2D eigenvalue weighted by Crippen LogP contribution is -2.07. The summed E-state index contributed by atoms with van der Waals surface area (Å²) < 4.78 is 10.6. The fourth-order valence-corrected chi connectivity index (χ4v) is 2.67. The lowest BCUT2D eigenvalue weighted by Gasteiger charge is -2.12. The number of hydrogen-bond acceptors (Lipinski definition) is 8. The number of ether oxygens (including phenoxy) is 2. The number of methoxy groups -OCH3 is 1. The third-order valence-electron chi connectivity index (χ3n) is 4.02. The van der Waals surface area contributed by atoms with Crippen LogP contribution >= 0.6 is 0 Å². The van der Waals surface area contributed by atoms with E-state index in [0.717, 1.165) is 5.69 Å². The number of anilines is 4. The summed E-state index contributed by atoms with van der Waals surface area (Å²) in [6.07, 6.45) is 0. The van der Waals surface area contributed by atoms with Gasteiger partial charge in [0.1, 0.15) is 17.2 Å². The van der Waals surface area contributed by atoms with Crippen LogP contribution in [0, 0.1) is 17.0 Å². The van der Waals surface area contributed by atoms with Crippen molar-refractivity contribution in [1.29, 1.82) is 0 Å². The number of rotatable bonds is 8. The van der Waals surface area contributed by atoms with Crippen molar-refractivity contribution in [1.82, 2.24) is 9.97 Å². The topological polar surface area (TPSA) is 111 Å². The molecule has 0 saturated heterocycles. The molecule has 2 aromatic carbocycles. The number of aryl methyl sites for hydroxylation is 1. The maximum Gasteiger partial charge on any atom is 0.332 e. The summed E-state index contributed by atoms with van der Waals surface area (Å²) in [6, 6.07) is 14.3. The fourth-order valence-electron chi connectivity index (χ4n) is 2.67. The van der Waals surface area contributed by atoms with Gasteiger partial charge in [0.05, 0.1) is 18.6 Å². The lowest BCUT2D eigenvalue weighted by atomic mass is 10.3. The highest BCUT2D eigenvalue weighted by molar-refractivity contribution is 5.69. The Kier molecular flexibility index (Phi) is 6.08. The second kappa shape index (κ2) is 8.87. The van der Waals surface area contributed by atoms with Gasteiger partial charge in [-0.05, 0) is 62.4 Å². The van der Waals surface area contributed by atoms with Crippen molar-refractivity contribution in [2.75, 3.05) is 24.4 Å². The molecule has 9 nitrogen and oxygen atoms in total. The molecule has 9 heteroatoms. The molecule has 0 amide bonds. The van der Waals surface area contributed by atoms with Gasteiger partial charge in [0, 0.05) is 11.4 Å². The molecule has 0 bridgehead atoms. The van der Waals surface area contributed by atoms with E-state index in [-0.39, 0.29) is 23.1 Å². The molecular weight excluding hydrogens is 374 g/mol. The van der Waals surface area contributed by atoms with E-state index in [9.17, 15) is 10.1 Å². The molecule has 0 aliphatic carbocycles. The molecular formula is C20H21N5O4. The summed E-state index contributed by atoms with van der Waals surface area (Å²) in [7, 11) is 1.59. The summed E-state index contributed by atoms with van der Waals surface area (Å²) in [4.78, 5) is 19.6. The van der Waals surface area contributed by atoms with E-state index in [4.69, 9.17) is 9.47 Å². The van der Waals surface area contributed by atoms with Gasteiger partial charge in [0.15, 0.2) is 0 Å². The largest absolute Gasteiger partial charge is 0.497 e. The van der Waals surface area contributed by atoms with Crippen LogP contribution in [0.25, 0.3) is 0 Å². The van der Waals surface area contributed by atoms with Gasteiger partial charge < -0.3 is 20.1 Å². The van der Waals surface area contributed by atoms with Crippen LogP contribution in [-0.2, 0) is 0 Å². The zero-order valence-corrected chi connectivity index (χ0v) is 16.3. The average Bonchev–Trinajstić information content (AvgIpc) is 2.70. The zero-order chi connectivity index (χ0) is 20.8. The van der Waals surface area contributed by atoms with E-state index in [0.29, 0.717) is 23.8 Å². The standard InChI is InChI=1S/C20H21N5O4/c1-4-29-17-11-7-14(8-12-17)22-19-18(25(26)27)13(2)21-20(24-19)23-15-5-9-16(28-3)10-6-15/h5-12H,4H2,1-3H3,(H2,21,22,23,24). The van der Waals surface area contributed by atoms with E-state index in [1.807, 2.05) is 6.92 Å². The quantitative estimate of drug-likeness (QED) is 0.421. The van der Waals surface area contributed by atoms with Crippen molar-refractivity contribution in [3.63, 3.8) is 0 Å². The SMILES string of the molecule is CCOc1ccc(Nc2nc(Nc3ccc(OC)cc3)nc(C)c2[N+](=O)[O-])cc1. The monoisotopic (exact) mass is 395 g/mol. The van der Waals surface area contributed by atoms with Crippen molar-refractivity contribution < 1.29 is 14.4 Å². The Labute approximate surface area is 167 Å². The highest BCUT2D eigenvalue weighted by Gasteiger charge is 2.22. The van der Waals surface area contributed by atoms with E-state index in [2.05, 4.69) is 20.6 Å². The minimum Gasteiger partial charge on any atom is -0.497 e. The van der Waals surface area contributed by atoms with Crippen molar-refractivity contribution in [3.05, 3.63) is 64.3 Å². The highest BCUT2D eigenvalue weighted by atomic mass is 16.6. The summed E-state index contributed by atoms with van der Waals surface area (Å²) in [5, 5.41) is 17.6. The Morgan fingerprint density at radius 2 is 1.55 bits per heavy atom. The molecule has 1 aromatic heterocycles. The molecule has 150 valence electrons. The minimum absolute atomic E-state index is 0.0997. The molecule has 0 aliphatic heterocycles. The summed E-state index contributed by atoms with van der Waals surface area (Å²) in [5.74, 6) is 1.77. The van der Waals surface area contributed by atoms with Crippen LogP contribution in [0.2, 0.25) is 0 Å². The fraction of sp³-hybridized carbons (Fsp3) is 0.200. The number of nitrogens with one attached hydrogen (secondary N) is 2. The lowest BCUT2D eigenvalue weighted by molar-refractivity contribution is -0.385. The summed E-state index contributed by atoms with van der Waals surface area (Å²) in [5.41, 5.74) is 1.43. The third-order valence-corrected chi connectivity index (χ3v) is 4.02. The predicted molar refractivity (Wildman–Crippen MR) is 111 cm³/mol. The van der Waals surface area contributed by atoms with Gasteiger partial charge in [-0.2, -0.15) is 4.98 Å². The number of benzene rings is 2. The molecule has 3 aromatic rings. The first-order valence-corrected chi connectivity index (χ1v) is 8.94. The van der Waals surface area contributed by atoms with E-state index < -0.39 is 4.92 Å². The van der Waals surface area contributed by atoms with Crippen LogP contribution in [-0.4, -0.2) is 28.6 Å². The smallest absolute Gasteiger partial charge is 0.332 e. The second-order valence-electron chi connectivity index (χ2n) is 6.02. The first-order valence-electron chi connectivity index (χ1n) is 8.94. The Hall–Kier alpha value is -3.88. The molecule has 0 unspecified atom stereocenters. The number of nitrogens with zero attached hydrogens (tertiary/aromatic N) is 3. The Balaban J connectivity index is 1.90. The normalized spacial score (nSPS) is 10.3. The Bertz CT molecular complexity index is 991. The molecule has 2 N–H and O–H groups in total. The van der Waals surface area contributed by atoms with Gasteiger partial charge in [0.2, 0.25) is 11.8 Å². The predicted octanol–water partition coefficient (Wildman–Crippen LogP) is 4.59. The van der Waals surface area contributed by atoms with Crippen LogP contribution in [0.3, 0.4) is 0 Å². The van der Waals surface area contributed by atoms with Crippen LogP contribution < -0.4 is 20.1 Å². The number of hydrogen-bond donors (Lipinski definition) is 2. The van der Waals surface area contributed by atoms with Crippen LogP contribution in [0.1, 0.15) is 12.6 Å². The Morgan fingerprint density at radius 1 is 0.966 bits per heavy atom. The van der Waals surface area contributed by atoms with Crippen molar-refractivity contribution in [3.8, 4) is 11.5 Å². The summed E-state index contributed by atoms with van der Waals surface area (Å²) >= 11 is 0. The van der Waals surface area contributed by atoms with Gasteiger partial charge in [-0.3, -0.25) is 10.1 Å². The summed E-state index contributed by atoms with van der Waals surface area (Å²) in [6.45, 7) is 4.03. The first-order chi connectivity index (χ1) is 14.0. The van der Waals surface area contributed by atoms with Crippen LogP contribution in [0.5, 0.6) is 11.5 Å². The van der Waals surface area contributed by atoms with Gasteiger partial charge in [-0.1, -0.05) is 0 Å². The van der Waals surface area contributed by atoms with Crippen molar-refractivity contribution in [2.45, 2.75) is 13.8 Å². The van der Waals surface area contributed by atoms with E-state index in [1.54, 1.807) is 62.6 Å². The highest BCUT2D eigenvalue weighted by Crippen LogP contribution is 2.31. The molecule has 3 rings (SSSR count). The van der Waals surface area contributed by atoms with Gasteiger partial charge in [0.25, 0.3) is 0 Å². The van der Waals surface area contributed by atoms with E-state index in [1.165, 1.54) is 0 Å². The number of aromatic nitrogens is 2. The molecule has 0 radical (unpaired) electrons. The minimum atomic E-state index is -0.497. The molecule has 0 aliphatic rings. The second-order valence-corrected chi connectivity index (χ2v) is 6.02. The zero-order valence-electron chi connectivity index (χ0n) is 16.3. The van der Waals surface area contributed by atoms with Gasteiger partial charge in [-0.25, -0.2) is 4.98 Å². The molecule has 29 heavy (non-hydrogen) atoms. The van der Waals surface area contributed by atoms with Gasteiger partial charge >= 0.3 is 5.69 Å². The maximum absolute atomic E-state index is 11.5. The molecule has 0 saturated carbocycles. The van der Waals surface area contributed by atoms with Crippen molar-refractivity contribution in [2.24, 2.45) is 0 Å². The molecule has 1 heterocycles. The van der Waals surface area contributed by atoms with Crippen LogP contribution in [0.15, 0.2) is 48.5 Å². The molecule has 0 spiro atoms. The number of nitro groups is 1. The average molecular weight is 395 g/mol. The van der Waals surface area contributed by atoms with E-state index >= 15 is 0 Å². The van der Waals surface area contributed by atoms with Gasteiger partial charge in [-0.15, -0.1) is 0 Å². The van der Waals surface area contributed by atoms with Crippen LogP contribution in [0.4, 0.5) is 28.8 Å². The third kappa shape index (κ3) is 4.89. The maximum atomic E-state index is 11.5. The first kappa shape index (κ1) is 19.9. The Morgan fingerprint density at radius 3 is 2.10 bits per heavy atom. The molecule has 0 atom stereocenters. The molecule has 0 fully saturated rings.